The standard InChI is InChI=1S/C25H23F2N3O/c1-29-8-10-30(11-9-29)19-5-2-16(3-6-19)21-12-17-15-28-25(31)22(17)14-23(21)20-7-4-18(26)13-24(20)27/h2-7,12-14H,8-11,15H2,1H3,(H,28,31). The number of nitrogens with zero attached hydrogens (tertiary/aromatic N) is 2. The zero-order chi connectivity index (χ0) is 21.5. The number of carbonyl (C=O) groups is 1. The fourth-order valence-electron chi connectivity index (χ4n) is 4.36. The van der Waals surface area contributed by atoms with Crippen molar-refractivity contribution in [2.45, 2.75) is 6.54 Å². The van der Waals surface area contributed by atoms with E-state index >= 15 is 0 Å². The van der Waals surface area contributed by atoms with Gasteiger partial charge < -0.3 is 15.1 Å². The Hall–Kier alpha value is -3.25. The van der Waals surface area contributed by atoms with E-state index in [4.69, 9.17) is 0 Å². The van der Waals surface area contributed by atoms with Crippen molar-refractivity contribution in [3.05, 3.63) is 77.4 Å². The number of piperazine rings is 1. The quantitative estimate of drug-likeness (QED) is 0.688. The predicted molar refractivity (Wildman–Crippen MR) is 118 cm³/mol. The highest BCUT2D eigenvalue weighted by Crippen LogP contribution is 2.38. The van der Waals surface area contributed by atoms with E-state index in [0.29, 0.717) is 17.7 Å². The van der Waals surface area contributed by atoms with Gasteiger partial charge in [-0.2, -0.15) is 0 Å². The fraction of sp³-hybridized carbons (Fsp3) is 0.240. The van der Waals surface area contributed by atoms with E-state index in [1.54, 1.807) is 6.07 Å². The lowest BCUT2D eigenvalue weighted by atomic mass is 9.90. The Morgan fingerprint density at radius 2 is 1.55 bits per heavy atom. The number of rotatable bonds is 3. The molecule has 0 saturated carbocycles. The number of hydrogen-bond donors (Lipinski definition) is 1. The van der Waals surface area contributed by atoms with Gasteiger partial charge in [0.2, 0.25) is 0 Å². The lowest BCUT2D eigenvalue weighted by Gasteiger charge is -2.34. The normalized spacial score (nSPS) is 16.4. The molecule has 3 aromatic rings. The topological polar surface area (TPSA) is 35.6 Å². The molecular weight excluding hydrogens is 396 g/mol. The van der Waals surface area contributed by atoms with Gasteiger partial charge in [-0.15, -0.1) is 0 Å². The summed E-state index contributed by atoms with van der Waals surface area (Å²) in [4.78, 5) is 16.9. The molecule has 1 N–H and O–H groups in total. The molecule has 31 heavy (non-hydrogen) atoms. The Morgan fingerprint density at radius 3 is 2.26 bits per heavy atom. The molecule has 1 amide bonds. The van der Waals surface area contributed by atoms with Crippen molar-refractivity contribution in [3.8, 4) is 22.3 Å². The number of halogens is 2. The van der Waals surface area contributed by atoms with E-state index in [9.17, 15) is 13.6 Å². The summed E-state index contributed by atoms with van der Waals surface area (Å²) in [7, 11) is 2.13. The minimum Gasteiger partial charge on any atom is -0.369 e. The Morgan fingerprint density at radius 1 is 0.806 bits per heavy atom. The summed E-state index contributed by atoms with van der Waals surface area (Å²) >= 11 is 0. The Balaban J connectivity index is 1.57. The van der Waals surface area contributed by atoms with E-state index in [-0.39, 0.29) is 11.5 Å². The highest BCUT2D eigenvalue weighted by molar-refractivity contribution is 6.01. The molecule has 0 aliphatic carbocycles. The van der Waals surface area contributed by atoms with Crippen molar-refractivity contribution in [1.29, 1.82) is 0 Å². The highest BCUT2D eigenvalue weighted by atomic mass is 19.1. The third-order valence-corrected chi connectivity index (χ3v) is 6.20. The van der Waals surface area contributed by atoms with Crippen LogP contribution in [-0.2, 0) is 6.54 Å². The summed E-state index contributed by atoms with van der Waals surface area (Å²) < 4.78 is 28.2. The number of carbonyl (C=O) groups excluding carboxylic acids is 1. The predicted octanol–water partition coefficient (Wildman–Crippen LogP) is 4.29. The van der Waals surface area contributed by atoms with E-state index < -0.39 is 11.6 Å². The van der Waals surface area contributed by atoms with E-state index in [0.717, 1.165) is 54.6 Å². The number of benzene rings is 3. The largest absolute Gasteiger partial charge is 0.369 e. The summed E-state index contributed by atoms with van der Waals surface area (Å²) in [6.07, 6.45) is 0. The maximum Gasteiger partial charge on any atom is 0.251 e. The number of fused-ring (bicyclic) bond motifs is 1. The highest BCUT2D eigenvalue weighted by Gasteiger charge is 2.23. The van der Waals surface area contributed by atoms with Crippen LogP contribution in [0.2, 0.25) is 0 Å². The summed E-state index contributed by atoms with van der Waals surface area (Å²) in [6.45, 7) is 4.47. The van der Waals surface area contributed by atoms with Crippen LogP contribution in [0.25, 0.3) is 22.3 Å². The smallest absolute Gasteiger partial charge is 0.251 e. The molecule has 0 spiro atoms. The van der Waals surface area contributed by atoms with Crippen molar-refractivity contribution in [2.75, 3.05) is 38.1 Å². The molecule has 0 atom stereocenters. The SMILES string of the molecule is CN1CCN(c2ccc(-c3cc4c(cc3-c3ccc(F)cc3F)C(=O)NC4)cc2)CC1. The molecule has 2 aliphatic rings. The maximum atomic E-state index is 14.7. The van der Waals surface area contributed by atoms with Crippen LogP contribution >= 0.6 is 0 Å². The molecule has 5 rings (SSSR count). The second kappa shape index (κ2) is 7.78. The molecule has 158 valence electrons. The minimum atomic E-state index is -0.645. The molecule has 1 saturated heterocycles. The summed E-state index contributed by atoms with van der Waals surface area (Å²) in [5.74, 6) is -1.44. The van der Waals surface area contributed by atoms with Crippen LogP contribution in [0.1, 0.15) is 15.9 Å². The van der Waals surface area contributed by atoms with Crippen molar-refractivity contribution >= 4 is 11.6 Å². The van der Waals surface area contributed by atoms with Crippen molar-refractivity contribution < 1.29 is 13.6 Å². The van der Waals surface area contributed by atoms with E-state index in [1.807, 2.05) is 18.2 Å². The van der Waals surface area contributed by atoms with Gasteiger partial charge >= 0.3 is 0 Å². The summed E-state index contributed by atoms with van der Waals surface area (Å²) in [5, 5.41) is 2.82. The molecule has 6 heteroatoms. The van der Waals surface area contributed by atoms with E-state index in [2.05, 4.69) is 34.3 Å². The van der Waals surface area contributed by atoms with Gasteiger partial charge in [-0.3, -0.25) is 4.79 Å². The van der Waals surface area contributed by atoms with Crippen LogP contribution in [-0.4, -0.2) is 44.0 Å². The van der Waals surface area contributed by atoms with Crippen LogP contribution in [0.4, 0.5) is 14.5 Å². The van der Waals surface area contributed by atoms with Gasteiger partial charge in [-0.25, -0.2) is 8.78 Å². The van der Waals surface area contributed by atoms with Crippen LogP contribution in [0.5, 0.6) is 0 Å². The summed E-state index contributed by atoms with van der Waals surface area (Å²) in [6, 6.07) is 15.4. The maximum absolute atomic E-state index is 14.7. The van der Waals surface area contributed by atoms with Crippen molar-refractivity contribution in [3.63, 3.8) is 0 Å². The molecule has 2 heterocycles. The first-order valence-corrected chi connectivity index (χ1v) is 10.4. The third-order valence-electron chi connectivity index (χ3n) is 6.20. The Bertz CT molecular complexity index is 1150. The number of anilines is 1. The molecule has 3 aromatic carbocycles. The van der Waals surface area contributed by atoms with Gasteiger partial charge in [0.05, 0.1) is 0 Å². The van der Waals surface area contributed by atoms with Gasteiger partial charge in [0, 0.05) is 55.6 Å². The lowest BCUT2D eigenvalue weighted by Crippen LogP contribution is -2.44. The molecule has 1 fully saturated rings. The fourth-order valence-corrected chi connectivity index (χ4v) is 4.36. The van der Waals surface area contributed by atoms with Gasteiger partial charge in [-0.1, -0.05) is 12.1 Å². The van der Waals surface area contributed by atoms with Crippen molar-refractivity contribution in [1.82, 2.24) is 10.2 Å². The van der Waals surface area contributed by atoms with Gasteiger partial charge in [0.1, 0.15) is 11.6 Å². The number of hydrogen-bond acceptors (Lipinski definition) is 3. The Labute approximate surface area is 180 Å². The minimum absolute atomic E-state index is 0.171. The van der Waals surface area contributed by atoms with Gasteiger partial charge in [-0.05, 0) is 65.7 Å². The summed E-state index contributed by atoms with van der Waals surface area (Å²) in [5.41, 5.74) is 5.20. The number of nitrogens with one attached hydrogen (secondary N) is 1. The Kier molecular flexibility index (Phi) is 4.94. The molecule has 2 aliphatic heterocycles. The first-order valence-electron chi connectivity index (χ1n) is 10.4. The van der Waals surface area contributed by atoms with Crippen LogP contribution in [0.3, 0.4) is 0 Å². The zero-order valence-corrected chi connectivity index (χ0v) is 17.3. The average molecular weight is 419 g/mol. The van der Waals surface area contributed by atoms with Crippen molar-refractivity contribution in [2.24, 2.45) is 0 Å². The number of likely N-dealkylation sites (N-methyl/N-ethyl adjacent to an activating group) is 1. The molecule has 0 radical (unpaired) electrons. The molecular formula is C25H23F2N3O. The molecule has 0 bridgehead atoms. The van der Waals surface area contributed by atoms with Crippen LogP contribution in [0, 0.1) is 11.6 Å². The first-order chi connectivity index (χ1) is 15.0. The third kappa shape index (κ3) is 3.68. The first kappa shape index (κ1) is 19.7. The molecule has 0 unspecified atom stereocenters. The van der Waals surface area contributed by atoms with Crippen LogP contribution in [0.15, 0.2) is 54.6 Å². The lowest BCUT2D eigenvalue weighted by molar-refractivity contribution is 0.0966. The monoisotopic (exact) mass is 419 g/mol. The van der Waals surface area contributed by atoms with Gasteiger partial charge in [0.25, 0.3) is 5.91 Å². The van der Waals surface area contributed by atoms with Crippen LogP contribution < -0.4 is 10.2 Å². The van der Waals surface area contributed by atoms with E-state index in [1.165, 1.54) is 12.1 Å². The molecule has 4 nitrogen and oxygen atoms in total. The number of amides is 1. The zero-order valence-electron chi connectivity index (χ0n) is 17.3. The second-order valence-electron chi connectivity index (χ2n) is 8.20. The second-order valence-corrected chi connectivity index (χ2v) is 8.20. The average Bonchev–Trinajstić information content (AvgIpc) is 3.14. The molecule has 0 aromatic heterocycles. The van der Waals surface area contributed by atoms with Gasteiger partial charge in [0.15, 0.2) is 0 Å².